The highest BCUT2D eigenvalue weighted by atomic mass is 32.2. The molecule has 1 amide bonds. The van der Waals surface area contributed by atoms with Crippen LogP contribution in [-0.4, -0.2) is 57.0 Å². The van der Waals surface area contributed by atoms with Crippen molar-refractivity contribution in [2.75, 3.05) is 38.2 Å². The van der Waals surface area contributed by atoms with Gasteiger partial charge in [0.25, 0.3) is 0 Å². The number of aryl methyl sites for hydroxylation is 1. The molecule has 0 saturated carbocycles. The molecule has 1 aliphatic rings. The SMILES string of the molecule is CCC(C)(C)NCC(=O)Nc1cc(S(=O)(=O)N2CCOCC2)ccc1C. The molecule has 8 heteroatoms. The number of nitrogens with zero attached hydrogens (tertiary/aromatic N) is 1. The summed E-state index contributed by atoms with van der Waals surface area (Å²) in [5.41, 5.74) is 1.20. The van der Waals surface area contributed by atoms with Crippen LogP contribution in [0.5, 0.6) is 0 Å². The Labute approximate surface area is 156 Å². The summed E-state index contributed by atoms with van der Waals surface area (Å²) < 4.78 is 32.2. The van der Waals surface area contributed by atoms with E-state index in [0.717, 1.165) is 12.0 Å². The number of sulfonamides is 1. The molecule has 1 aliphatic heterocycles. The summed E-state index contributed by atoms with van der Waals surface area (Å²) >= 11 is 0. The van der Waals surface area contributed by atoms with Gasteiger partial charge in [-0.25, -0.2) is 8.42 Å². The zero-order chi connectivity index (χ0) is 19.4. The highest BCUT2D eigenvalue weighted by molar-refractivity contribution is 7.89. The van der Waals surface area contributed by atoms with Gasteiger partial charge in [0.15, 0.2) is 0 Å². The molecule has 1 aromatic rings. The van der Waals surface area contributed by atoms with E-state index in [2.05, 4.69) is 17.6 Å². The second-order valence-corrected chi connectivity index (χ2v) is 9.07. The first kappa shape index (κ1) is 20.8. The summed E-state index contributed by atoms with van der Waals surface area (Å²) in [6, 6.07) is 4.82. The van der Waals surface area contributed by atoms with Gasteiger partial charge in [-0.2, -0.15) is 4.31 Å². The van der Waals surface area contributed by atoms with Crippen molar-refractivity contribution in [1.82, 2.24) is 9.62 Å². The van der Waals surface area contributed by atoms with Crippen molar-refractivity contribution in [3.8, 4) is 0 Å². The summed E-state index contributed by atoms with van der Waals surface area (Å²) in [5.74, 6) is -0.199. The summed E-state index contributed by atoms with van der Waals surface area (Å²) in [4.78, 5) is 12.4. The molecule has 0 atom stereocenters. The fourth-order valence-electron chi connectivity index (χ4n) is 2.47. The van der Waals surface area contributed by atoms with Crippen molar-refractivity contribution in [3.63, 3.8) is 0 Å². The number of hydrogen-bond acceptors (Lipinski definition) is 5. The third kappa shape index (κ3) is 5.26. The van der Waals surface area contributed by atoms with Crippen LogP contribution in [0.3, 0.4) is 0 Å². The molecule has 0 aromatic heterocycles. The molecule has 26 heavy (non-hydrogen) atoms. The number of carbonyl (C=O) groups is 1. The number of anilines is 1. The Hall–Kier alpha value is -1.48. The minimum atomic E-state index is -3.59. The van der Waals surface area contributed by atoms with Crippen molar-refractivity contribution in [2.45, 2.75) is 44.6 Å². The van der Waals surface area contributed by atoms with Crippen LogP contribution in [0.25, 0.3) is 0 Å². The maximum absolute atomic E-state index is 12.8. The lowest BCUT2D eigenvalue weighted by molar-refractivity contribution is -0.115. The minimum Gasteiger partial charge on any atom is -0.379 e. The third-order valence-corrected chi connectivity index (χ3v) is 6.60. The summed E-state index contributed by atoms with van der Waals surface area (Å²) in [7, 11) is -3.59. The van der Waals surface area contributed by atoms with Crippen LogP contribution in [0.2, 0.25) is 0 Å². The molecular formula is C18H29N3O4S. The van der Waals surface area contributed by atoms with E-state index in [4.69, 9.17) is 4.74 Å². The van der Waals surface area contributed by atoms with E-state index in [9.17, 15) is 13.2 Å². The lowest BCUT2D eigenvalue weighted by Crippen LogP contribution is -2.43. The number of ether oxygens (including phenoxy) is 1. The van der Waals surface area contributed by atoms with Crippen molar-refractivity contribution in [2.24, 2.45) is 0 Å². The van der Waals surface area contributed by atoms with Gasteiger partial charge in [-0.15, -0.1) is 0 Å². The number of carbonyl (C=O) groups excluding carboxylic acids is 1. The van der Waals surface area contributed by atoms with E-state index < -0.39 is 10.0 Å². The molecule has 2 rings (SSSR count). The number of amides is 1. The molecule has 1 aromatic carbocycles. The Balaban J connectivity index is 2.13. The largest absolute Gasteiger partial charge is 0.379 e. The predicted octanol–water partition coefficient (Wildman–Crippen LogP) is 1.73. The zero-order valence-electron chi connectivity index (χ0n) is 16.0. The molecule has 1 saturated heterocycles. The van der Waals surface area contributed by atoms with Gasteiger partial charge in [0.1, 0.15) is 0 Å². The first-order valence-corrected chi connectivity index (χ1v) is 10.3. The Morgan fingerprint density at radius 2 is 1.92 bits per heavy atom. The van der Waals surface area contributed by atoms with Crippen molar-refractivity contribution >= 4 is 21.6 Å². The Bertz CT molecular complexity index is 741. The zero-order valence-corrected chi connectivity index (χ0v) is 16.8. The molecule has 0 unspecified atom stereocenters. The standard InChI is InChI=1S/C18H29N3O4S/c1-5-18(3,4)19-13-17(22)20-16-12-15(7-6-14(16)2)26(23,24)21-8-10-25-11-9-21/h6-7,12,19H,5,8-11,13H2,1-4H3,(H,20,22). The second kappa shape index (κ2) is 8.47. The Morgan fingerprint density at radius 1 is 1.27 bits per heavy atom. The van der Waals surface area contributed by atoms with Gasteiger partial charge in [0.05, 0.1) is 24.7 Å². The predicted molar refractivity (Wildman–Crippen MR) is 102 cm³/mol. The van der Waals surface area contributed by atoms with Gasteiger partial charge in [-0.3, -0.25) is 4.79 Å². The number of morpholine rings is 1. The smallest absolute Gasteiger partial charge is 0.243 e. The third-order valence-electron chi connectivity index (χ3n) is 4.70. The topological polar surface area (TPSA) is 87.7 Å². The average molecular weight is 384 g/mol. The first-order valence-electron chi connectivity index (χ1n) is 8.89. The normalized spacial score (nSPS) is 16.5. The molecule has 146 valence electrons. The maximum atomic E-state index is 12.8. The van der Waals surface area contributed by atoms with Gasteiger partial charge < -0.3 is 15.4 Å². The van der Waals surface area contributed by atoms with E-state index in [-0.39, 0.29) is 22.9 Å². The van der Waals surface area contributed by atoms with Crippen LogP contribution in [0.15, 0.2) is 23.1 Å². The molecule has 1 heterocycles. The number of rotatable bonds is 7. The van der Waals surface area contributed by atoms with E-state index in [0.29, 0.717) is 32.0 Å². The van der Waals surface area contributed by atoms with Crippen molar-refractivity contribution in [1.29, 1.82) is 0 Å². The average Bonchev–Trinajstić information content (AvgIpc) is 2.62. The fraction of sp³-hybridized carbons (Fsp3) is 0.611. The van der Waals surface area contributed by atoms with Crippen LogP contribution >= 0.6 is 0 Å². The maximum Gasteiger partial charge on any atom is 0.243 e. The second-order valence-electron chi connectivity index (χ2n) is 7.13. The molecular weight excluding hydrogens is 354 g/mol. The van der Waals surface area contributed by atoms with Gasteiger partial charge >= 0.3 is 0 Å². The van der Waals surface area contributed by atoms with E-state index in [1.165, 1.54) is 10.4 Å². The molecule has 0 bridgehead atoms. The fourth-order valence-corrected chi connectivity index (χ4v) is 3.91. The van der Waals surface area contributed by atoms with Crippen LogP contribution in [0, 0.1) is 6.92 Å². The summed E-state index contributed by atoms with van der Waals surface area (Å²) in [6.07, 6.45) is 0.895. The summed E-state index contributed by atoms with van der Waals surface area (Å²) in [6.45, 7) is 9.59. The van der Waals surface area contributed by atoms with Gasteiger partial charge in [-0.1, -0.05) is 13.0 Å². The molecule has 0 radical (unpaired) electrons. The quantitative estimate of drug-likeness (QED) is 0.749. The molecule has 2 N–H and O–H groups in total. The van der Waals surface area contributed by atoms with Crippen molar-refractivity contribution < 1.29 is 17.9 Å². The Morgan fingerprint density at radius 3 is 2.54 bits per heavy atom. The lowest BCUT2D eigenvalue weighted by Gasteiger charge is -2.26. The summed E-state index contributed by atoms with van der Waals surface area (Å²) in [5, 5.41) is 6.01. The molecule has 0 aliphatic carbocycles. The van der Waals surface area contributed by atoms with Crippen LogP contribution in [0.4, 0.5) is 5.69 Å². The monoisotopic (exact) mass is 383 g/mol. The lowest BCUT2D eigenvalue weighted by atomic mass is 10.0. The van der Waals surface area contributed by atoms with E-state index in [1.54, 1.807) is 12.1 Å². The van der Waals surface area contributed by atoms with E-state index >= 15 is 0 Å². The first-order chi connectivity index (χ1) is 12.2. The molecule has 1 fully saturated rings. The molecule has 7 nitrogen and oxygen atoms in total. The van der Waals surface area contributed by atoms with E-state index in [1.807, 2.05) is 20.8 Å². The van der Waals surface area contributed by atoms with Gasteiger partial charge in [-0.05, 0) is 44.9 Å². The van der Waals surface area contributed by atoms with Crippen LogP contribution < -0.4 is 10.6 Å². The number of hydrogen-bond donors (Lipinski definition) is 2. The van der Waals surface area contributed by atoms with Gasteiger partial charge in [0.2, 0.25) is 15.9 Å². The van der Waals surface area contributed by atoms with Crippen LogP contribution in [0.1, 0.15) is 32.8 Å². The van der Waals surface area contributed by atoms with Gasteiger partial charge in [0, 0.05) is 24.3 Å². The Kier molecular flexibility index (Phi) is 6.79. The highest BCUT2D eigenvalue weighted by Gasteiger charge is 2.27. The minimum absolute atomic E-state index is 0.131. The number of nitrogens with one attached hydrogen (secondary N) is 2. The molecule has 0 spiro atoms. The van der Waals surface area contributed by atoms with Crippen LogP contribution in [-0.2, 0) is 19.6 Å². The highest BCUT2D eigenvalue weighted by Crippen LogP contribution is 2.23. The van der Waals surface area contributed by atoms with Crippen molar-refractivity contribution in [3.05, 3.63) is 23.8 Å². The number of benzene rings is 1.